The summed E-state index contributed by atoms with van der Waals surface area (Å²) >= 11 is 0. The van der Waals surface area contributed by atoms with Gasteiger partial charge in [-0.1, -0.05) is 27.2 Å². The highest BCUT2D eigenvalue weighted by Gasteiger charge is 2.43. The van der Waals surface area contributed by atoms with Crippen LogP contribution in [0.2, 0.25) is 0 Å². The van der Waals surface area contributed by atoms with Crippen LogP contribution >= 0.6 is 0 Å². The van der Waals surface area contributed by atoms with Crippen molar-refractivity contribution < 1.29 is 4.74 Å². The first kappa shape index (κ1) is 16.3. The number of hydrogen-bond acceptors (Lipinski definition) is 3. The highest BCUT2D eigenvalue weighted by Crippen LogP contribution is 2.39. The van der Waals surface area contributed by atoms with E-state index in [0.29, 0.717) is 29.6 Å². The predicted molar refractivity (Wildman–Crippen MR) is 85.1 cm³/mol. The van der Waals surface area contributed by atoms with E-state index >= 15 is 0 Å². The molecule has 1 aliphatic heterocycles. The Morgan fingerprint density at radius 2 is 2.00 bits per heavy atom. The molecule has 1 heterocycles. The molecule has 3 nitrogen and oxygen atoms in total. The minimum absolute atomic E-state index is 0.386. The van der Waals surface area contributed by atoms with Crippen molar-refractivity contribution in [2.75, 3.05) is 20.2 Å². The molecule has 0 spiro atoms. The highest BCUT2D eigenvalue weighted by atomic mass is 16.5. The van der Waals surface area contributed by atoms with Crippen LogP contribution < -0.4 is 5.32 Å². The molecule has 0 aromatic carbocycles. The van der Waals surface area contributed by atoms with Crippen LogP contribution in [0.1, 0.15) is 59.8 Å². The van der Waals surface area contributed by atoms with Gasteiger partial charge < -0.3 is 10.1 Å². The zero-order chi connectivity index (χ0) is 14.8. The molecule has 1 N–H and O–H groups in total. The minimum atomic E-state index is 0.386. The van der Waals surface area contributed by atoms with E-state index in [1.165, 1.54) is 32.1 Å². The second kappa shape index (κ2) is 6.76. The van der Waals surface area contributed by atoms with Gasteiger partial charge in [0.2, 0.25) is 0 Å². The molecular formula is C17H34N2O. The Kier molecular flexibility index (Phi) is 5.49. The third-order valence-electron chi connectivity index (χ3n) is 5.54. The topological polar surface area (TPSA) is 24.5 Å². The van der Waals surface area contributed by atoms with Crippen molar-refractivity contribution in [1.82, 2.24) is 10.2 Å². The van der Waals surface area contributed by atoms with Gasteiger partial charge in [-0.3, -0.25) is 4.90 Å². The van der Waals surface area contributed by atoms with Crippen molar-refractivity contribution in [3.8, 4) is 0 Å². The van der Waals surface area contributed by atoms with E-state index in [0.717, 1.165) is 13.2 Å². The zero-order valence-corrected chi connectivity index (χ0v) is 14.1. The number of ether oxygens (including phenoxy) is 1. The van der Waals surface area contributed by atoms with Crippen molar-refractivity contribution in [2.24, 2.45) is 5.41 Å². The average molecular weight is 282 g/mol. The Hall–Kier alpha value is -0.120. The summed E-state index contributed by atoms with van der Waals surface area (Å²) in [6, 6.07) is 1.85. The Balaban J connectivity index is 2.09. The van der Waals surface area contributed by atoms with E-state index in [-0.39, 0.29) is 0 Å². The van der Waals surface area contributed by atoms with Gasteiger partial charge in [-0.2, -0.15) is 0 Å². The molecule has 0 amide bonds. The van der Waals surface area contributed by atoms with E-state index in [1.807, 2.05) is 0 Å². The van der Waals surface area contributed by atoms with Crippen molar-refractivity contribution >= 4 is 0 Å². The second-order valence-corrected chi connectivity index (χ2v) is 7.48. The maximum atomic E-state index is 5.78. The molecular weight excluding hydrogens is 248 g/mol. The molecule has 118 valence electrons. The van der Waals surface area contributed by atoms with Gasteiger partial charge in [-0.15, -0.1) is 0 Å². The summed E-state index contributed by atoms with van der Waals surface area (Å²) in [7, 11) is 2.32. The largest absolute Gasteiger partial charge is 0.377 e. The smallest absolute Gasteiger partial charge is 0.0703 e. The van der Waals surface area contributed by atoms with E-state index in [9.17, 15) is 0 Å². The van der Waals surface area contributed by atoms with Crippen molar-refractivity contribution in [2.45, 2.75) is 84.0 Å². The van der Waals surface area contributed by atoms with E-state index in [4.69, 9.17) is 4.74 Å². The van der Waals surface area contributed by atoms with Crippen LogP contribution in [0.3, 0.4) is 0 Å². The van der Waals surface area contributed by atoms with E-state index in [1.54, 1.807) is 0 Å². The summed E-state index contributed by atoms with van der Waals surface area (Å²) in [5, 5.41) is 3.85. The van der Waals surface area contributed by atoms with Crippen LogP contribution in [0.5, 0.6) is 0 Å². The molecule has 4 unspecified atom stereocenters. The summed E-state index contributed by atoms with van der Waals surface area (Å²) < 4.78 is 5.78. The Morgan fingerprint density at radius 3 is 2.60 bits per heavy atom. The second-order valence-electron chi connectivity index (χ2n) is 7.48. The summed E-state index contributed by atoms with van der Waals surface area (Å²) in [5.74, 6) is 0. The summed E-state index contributed by atoms with van der Waals surface area (Å²) in [6.07, 6.45) is 6.81. The van der Waals surface area contributed by atoms with Crippen LogP contribution in [0, 0.1) is 5.41 Å². The SMILES string of the molecule is CCCNC1C(N(C)C2CCOC2C)CCCC1(C)C. The fourth-order valence-electron chi connectivity index (χ4n) is 4.26. The number of likely N-dealkylation sites (N-methyl/N-ethyl adjacent to an activating group) is 1. The first-order valence-electron chi connectivity index (χ1n) is 8.54. The minimum Gasteiger partial charge on any atom is -0.377 e. The number of nitrogens with one attached hydrogen (secondary N) is 1. The van der Waals surface area contributed by atoms with Crippen LogP contribution in [0.15, 0.2) is 0 Å². The third-order valence-corrected chi connectivity index (χ3v) is 5.54. The molecule has 2 rings (SSSR count). The van der Waals surface area contributed by atoms with Crippen LogP contribution in [0.4, 0.5) is 0 Å². The van der Waals surface area contributed by atoms with Gasteiger partial charge >= 0.3 is 0 Å². The number of hydrogen-bond donors (Lipinski definition) is 1. The lowest BCUT2D eigenvalue weighted by molar-refractivity contribution is 0.0148. The molecule has 1 saturated heterocycles. The summed E-state index contributed by atoms with van der Waals surface area (Å²) in [4.78, 5) is 2.63. The van der Waals surface area contributed by atoms with Crippen molar-refractivity contribution in [3.05, 3.63) is 0 Å². The zero-order valence-electron chi connectivity index (χ0n) is 14.1. The molecule has 20 heavy (non-hydrogen) atoms. The third kappa shape index (κ3) is 3.37. The average Bonchev–Trinajstić information content (AvgIpc) is 2.82. The highest BCUT2D eigenvalue weighted by molar-refractivity contribution is 4.99. The lowest BCUT2D eigenvalue weighted by Gasteiger charge is -2.49. The molecule has 3 heteroatoms. The molecule has 0 aromatic rings. The molecule has 2 aliphatic rings. The molecule has 2 fully saturated rings. The molecule has 4 atom stereocenters. The van der Waals surface area contributed by atoms with Gasteiger partial charge in [0.15, 0.2) is 0 Å². The summed E-state index contributed by atoms with van der Waals surface area (Å²) in [5.41, 5.74) is 0.398. The molecule has 1 saturated carbocycles. The molecule has 0 bridgehead atoms. The van der Waals surface area contributed by atoms with Gasteiger partial charge in [-0.25, -0.2) is 0 Å². The Morgan fingerprint density at radius 1 is 1.25 bits per heavy atom. The first-order valence-corrected chi connectivity index (χ1v) is 8.54. The standard InChI is InChI=1S/C17H34N2O/c1-6-11-18-16-15(8-7-10-17(16,3)4)19(5)14-9-12-20-13(14)2/h13-16,18H,6-12H2,1-5H3. The lowest BCUT2D eigenvalue weighted by Crippen LogP contribution is -2.60. The van der Waals surface area contributed by atoms with Gasteiger partial charge in [0.25, 0.3) is 0 Å². The Labute approximate surface area is 125 Å². The maximum Gasteiger partial charge on any atom is 0.0703 e. The first-order chi connectivity index (χ1) is 9.47. The van der Waals surface area contributed by atoms with Gasteiger partial charge in [-0.05, 0) is 51.6 Å². The molecule has 0 radical (unpaired) electrons. The monoisotopic (exact) mass is 282 g/mol. The maximum absolute atomic E-state index is 5.78. The Bertz CT molecular complexity index is 305. The number of rotatable bonds is 5. The van der Waals surface area contributed by atoms with Crippen LogP contribution in [-0.2, 0) is 4.74 Å². The quantitative estimate of drug-likeness (QED) is 0.839. The van der Waals surface area contributed by atoms with Crippen molar-refractivity contribution in [1.29, 1.82) is 0 Å². The molecule has 1 aliphatic carbocycles. The van der Waals surface area contributed by atoms with Gasteiger partial charge in [0.1, 0.15) is 0 Å². The summed E-state index contributed by atoms with van der Waals surface area (Å²) in [6.45, 7) is 11.4. The fourth-order valence-corrected chi connectivity index (χ4v) is 4.26. The van der Waals surface area contributed by atoms with E-state index < -0.39 is 0 Å². The predicted octanol–water partition coefficient (Wildman–Crippen LogP) is 3.04. The fraction of sp³-hybridized carbons (Fsp3) is 1.00. The molecule has 0 aromatic heterocycles. The van der Waals surface area contributed by atoms with E-state index in [2.05, 4.69) is 45.0 Å². The van der Waals surface area contributed by atoms with Crippen LogP contribution in [0.25, 0.3) is 0 Å². The van der Waals surface area contributed by atoms with Gasteiger partial charge in [0, 0.05) is 24.7 Å². The van der Waals surface area contributed by atoms with Crippen LogP contribution in [-0.4, -0.2) is 49.3 Å². The van der Waals surface area contributed by atoms with Gasteiger partial charge in [0.05, 0.1) is 6.10 Å². The lowest BCUT2D eigenvalue weighted by atomic mass is 9.70. The number of nitrogens with zero attached hydrogens (tertiary/aromatic N) is 1. The normalized spacial score (nSPS) is 37.5. The van der Waals surface area contributed by atoms with Crippen molar-refractivity contribution in [3.63, 3.8) is 0 Å².